The number of hydrogen-bond donors (Lipinski definition) is 1. The van der Waals surface area contributed by atoms with E-state index in [0.717, 1.165) is 36.4 Å². The first-order chi connectivity index (χ1) is 27.7. The molecule has 56 heavy (non-hydrogen) atoms. The standard InChI is InChI=1S/C54H42N2/c1-5-15-37(16-6-1)49-36-53(41-21-11-4-12-22-41)55-50-30-29-38-27-28-46(33-48(38)54(49)50)44-25-13-23-42(31-44)43-24-14-26-45(32-43)47-34-51(39-17-7-2-8-18-39)56-52(35-47)40-19-9-3-10-20-40/h1-13,15-25,27-35,49,51,56H,14,26,36H2. The van der Waals surface area contributed by atoms with E-state index in [9.17, 15) is 0 Å². The van der Waals surface area contributed by atoms with Gasteiger partial charge in [-0.25, -0.2) is 0 Å². The number of fused-ring (bicyclic) bond motifs is 3. The van der Waals surface area contributed by atoms with E-state index in [1.807, 2.05) is 0 Å². The van der Waals surface area contributed by atoms with Gasteiger partial charge in [0, 0.05) is 23.7 Å². The Labute approximate surface area is 329 Å². The fourth-order valence-electron chi connectivity index (χ4n) is 8.71. The third-order valence-electron chi connectivity index (χ3n) is 11.6. The third kappa shape index (κ3) is 6.65. The van der Waals surface area contributed by atoms with Crippen molar-refractivity contribution in [2.75, 3.05) is 0 Å². The molecule has 1 aliphatic carbocycles. The average molecular weight is 719 g/mol. The Bertz CT molecular complexity index is 2720. The van der Waals surface area contributed by atoms with Gasteiger partial charge in [0.15, 0.2) is 0 Å². The van der Waals surface area contributed by atoms with Crippen molar-refractivity contribution in [3.8, 4) is 11.1 Å². The number of benzene rings is 7. The van der Waals surface area contributed by atoms with Crippen molar-refractivity contribution in [1.29, 1.82) is 0 Å². The van der Waals surface area contributed by atoms with Crippen LogP contribution in [0.2, 0.25) is 0 Å². The molecule has 268 valence electrons. The summed E-state index contributed by atoms with van der Waals surface area (Å²) in [7, 11) is 0. The quantitative estimate of drug-likeness (QED) is 0.174. The van der Waals surface area contributed by atoms with Crippen LogP contribution in [0.4, 0.5) is 5.69 Å². The first-order valence-electron chi connectivity index (χ1n) is 19.8. The van der Waals surface area contributed by atoms with Crippen LogP contribution < -0.4 is 5.32 Å². The summed E-state index contributed by atoms with van der Waals surface area (Å²) in [6.07, 6.45) is 12.5. The van der Waals surface area contributed by atoms with Crippen molar-refractivity contribution >= 4 is 33.4 Å². The van der Waals surface area contributed by atoms with Gasteiger partial charge in [0.25, 0.3) is 0 Å². The van der Waals surface area contributed by atoms with Crippen molar-refractivity contribution in [2.24, 2.45) is 4.99 Å². The second kappa shape index (κ2) is 14.8. The molecule has 0 spiro atoms. The van der Waals surface area contributed by atoms with Gasteiger partial charge in [-0.15, -0.1) is 0 Å². The van der Waals surface area contributed by atoms with Crippen LogP contribution in [0.15, 0.2) is 216 Å². The Morgan fingerprint density at radius 1 is 0.518 bits per heavy atom. The van der Waals surface area contributed by atoms with Crippen molar-refractivity contribution in [1.82, 2.24) is 5.32 Å². The van der Waals surface area contributed by atoms with Crippen LogP contribution >= 0.6 is 0 Å². The topological polar surface area (TPSA) is 24.4 Å². The highest BCUT2D eigenvalue weighted by Gasteiger charge is 2.27. The molecule has 3 aliphatic rings. The zero-order valence-electron chi connectivity index (χ0n) is 31.3. The van der Waals surface area contributed by atoms with E-state index in [-0.39, 0.29) is 12.0 Å². The van der Waals surface area contributed by atoms with Gasteiger partial charge in [-0.2, -0.15) is 0 Å². The highest BCUT2D eigenvalue weighted by molar-refractivity contribution is 6.06. The molecule has 0 amide bonds. The highest BCUT2D eigenvalue weighted by Crippen LogP contribution is 2.45. The smallest absolute Gasteiger partial charge is 0.0707 e. The number of dihydropyridines is 1. The summed E-state index contributed by atoms with van der Waals surface area (Å²) < 4.78 is 0. The largest absolute Gasteiger partial charge is 0.374 e. The summed E-state index contributed by atoms with van der Waals surface area (Å²) in [4.78, 5) is 5.30. The van der Waals surface area contributed by atoms with Crippen LogP contribution in [0.25, 0.3) is 33.2 Å². The predicted octanol–water partition coefficient (Wildman–Crippen LogP) is 13.6. The maximum Gasteiger partial charge on any atom is 0.0707 e. The Balaban J connectivity index is 1.02. The van der Waals surface area contributed by atoms with Gasteiger partial charge < -0.3 is 5.32 Å². The van der Waals surface area contributed by atoms with Crippen molar-refractivity contribution in [3.63, 3.8) is 0 Å². The molecule has 2 heterocycles. The van der Waals surface area contributed by atoms with Gasteiger partial charge in [-0.05, 0) is 109 Å². The fourth-order valence-corrected chi connectivity index (χ4v) is 8.71. The molecule has 0 fully saturated rings. The number of nitrogens with one attached hydrogen (secondary N) is 1. The summed E-state index contributed by atoms with van der Waals surface area (Å²) in [5, 5.41) is 6.34. The molecule has 2 unspecified atom stereocenters. The van der Waals surface area contributed by atoms with Crippen LogP contribution in [0, 0.1) is 0 Å². The van der Waals surface area contributed by atoms with Crippen LogP contribution in [-0.2, 0) is 0 Å². The normalized spacial score (nSPS) is 17.8. The van der Waals surface area contributed by atoms with Gasteiger partial charge in [-0.1, -0.05) is 176 Å². The summed E-state index contributed by atoms with van der Waals surface area (Å²) in [6, 6.07) is 63.7. The second-order valence-electron chi connectivity index (χ2n) is 15.1. The van der Waals surface area contributed by atoms with Gasteiger partial charge in [0.05, 0.1) is 11.7 Å². The Hall–Kier alpha value is -6.77. The van der Waals surface area contributed by atoms with Gasteiger partial charge in [0.2, 0.25) is 0 Å². The number of rotatable bonds is 7. The van der Waals surface area contributed by atoms with E-state index in [2.05, 4.69) is 206 Å². The minimum atomic E-state index is 0.0979. The van der Waals surface area contributed by atoms with Gasteiger partial charge in [0.1, 0.15) is 0 Å². The maximum atomic E-state index is 5.30. The van der Waals surface area contributed by atoms with Crippen LogP contribution in [0.1, 0.15) is 64.6 Å². The number of allylic oxidation sites excluding steroid dienone is 6. The van der Waals surface area contributed by atoms with E-state index < -0.39 is 0 Å². The second-order valence-corrected chi connectivity index (χ2v) is 15.1. The first kappa shape index (κ1) is 33.8. The molecule has 2 heteroatoms. The highest BCUT2D eigenvalue weighted by atomic mass is 14.9. The summed E-state index contributed by atoms with van der Waals surface area (Å²) in [5.41, 5.74) is 17.3. The Kier molecular flexibility index (Phi) is 8.93. The number of hydrogen-bond acceptors (Lipinski definition) is 2. The van der Waals surface area contributed by atoms with Gasteiger partial charge in [-0.3, -0.25) is 4.99 Å². The van der Waals surface area contributed by atoms with E-state index in [4.69, 9.17) is 4.99 Å². The lowest BCUT2D eigenvalue weighted by molar-refractivity contribution is 0.755. The van der Waals surface area contributed by atoms with Crippen molar-refractivity contribution in [2.45, 2.75) is 31.2 Å². The molecule has 2 aliphatic heterocycles. The van der Waals surface area contributed by atoms with Crippen LogP contribution in [0.5, 0.6) is 0 Å². The number of nitrogens with zero attached hydrogens (tertiary/aromatic N) is 1. The van der Waals surface area contributed by atoms with Crippen molar-refractivity contribution < 1.29 is 0 Å². The van der Waals surface area contributed by atoms with E-state index >= 15 is 0 Å². The lowest BCUT2D eigenvalue weighted by Crippen LogP contribution is -2.22. The minimum Gasteiger partial charge on any atom is -0.374 e. The van der Waals surface area contributed by atoms with Crippen molar-refractivity contribution in [3.05, 3.63) is 245 Å². The lowest BCUT2D eigenvalue weighted by Gasteiger charge is -2.27. The lowest BCUT2D eigenvalue weighted by atomic mass is 9.80. The molecule has 0 saturated heterocycles. The molecule has 2 nitrogen and oxygen atoms in total. The molecular formula is C54H42N2. The molecule has 0 radical (unpaired) electrons. The summed E-state index contributed by atoms with van der Waals surface area (Å²) in [6.45, 7) is 0. The average Bonchev–Trinajstić information content (AvgIpc) is 3.29. The zero-order valence-corrected chi connectivity index (χ0v) is 31.3. The van der Waals surface area contributed by atoms with Crippen LogP contribution in [0.3, 0.4) is 0 Å². The SMILES string of the molecule is C1=C(C2=CC(c3cccc(-c4ccc5ccc6c(c5c4)C(c4ccccc4)CC(c4ccccc4)=N6)c3)=CCC2)C=C(c2ccccc2)NC1c1ccccc1. The van der Waals surface area contributed by atoms with E-state index in [0.29, 0.717) is 0 Å². The molecular weight excluding hydrogens is 677 g/mol. The van der Waals surface area contributed by atoms with E-state index in [1.165, 1.54) is 72.0 Å². The number of aliphatic imine (C=N–C) groups is 1. The Morgan fingerprint density at radius 2 is 1.16 bits per heavy atom. The molecule has 0 bridgehead atoms. The molecule has 0 saturated carbocycles. The summed E-state index contributed by atoms with van der Waals surface area (Å²) >= 11 is 0. The molecule has 0 aromatic heterocycles. The molecule has 1 N–H and O–H groups in total. The zero-order chi connectivity index (χ0) is 37.3. The van der Waals surface area contributed by atoms with Crippen LogP contribution in [-0.4, -0.2) is 5.71 Å². The Morgan fingerprint density at radius 3 is 1.93 bits per heavy atom. The minimum absolute atomic E-state index is 0.0979. The first-order valence-corrected chi connectivity index (χ1v) is 19.8. The molecule has 7 aromatic carbocycles. The molecule has 2 atom stereocenters. The third-order valence-corrected chi connectivity index (χ3v) is 11.6. The predicted molar refractivity (Wildman–Crippen MR) is 235 cm³/mol. The van der Waals surface area contributed by atoms with E-state index in [1.54, 1.807) is 0 Å². The monoisotopic (exact) mass is 718 g/mol. The maximum absolute atomic E-state index is 5.30. The fraction of sp³-hybridized carbons (Fsp3) is 0.0926. The summed E-state index contributed by atoms with van der Waals surface area (Å²) in [5.74, 6) is 0.211. The van der Waals surface area contributed by atoms with Gasteiger partial charge >= 0.3 is 0 Å². The molecule has 10 rings (SSSR count). The molecule has 7 aromatic rings.